The van der Waals surface area contributed by atoms with E-state index >= 15 is 0 Å². The van der Waals surface area contributed by atoms with E-state index in [1.54, 1.807) is 0 Å². The molecule has 2 N–H and O–H groups in total. The monoisotopic (exact) mass is 296 g/mol. The molecule has 21 heavy (non-hydrogen) atoms. The molecule has 1 saturated carbocycles. The summed E-state index contributed by atoms with van der Waals surface area (Å²) in [4.78, 5) is 26.0. The van der Waals surface area contributed by atoms with Crippen LogP contribution in [-0.2, 0) is 9.59 Å². The summed E-state index contributed by atoms with van der Waals surface area (Å²) < 4.78 is 0. The Hall–Kier alpha value is -1.10. The van der Waals surface area contributed by atoms with Crippen molar-refractivity contribution in [2.75, 3.05) is 26.2 Å². The maximum atomic E-state index is 12.3. The van der Waals surface area contributed by atoms with Gasteiger partial charge in [0.25, 0.3) is 0 Å². The van der Waals surface area contributed by atoms with E-state index in [0.717, 1.165) is 19.4 Å². The van der Waals surface area contributed by atoms with Gasteiger partial charge in [-0.3, -0.25) is 9.59 Å². The van der Waals surface area contributed by atoms with Crippen LogP contribution in [0.4, 0.5) is 0 Å². The summed E-state index contributed by atoms with van der Waals surface area (Å²) in [6.45, 7) is 6.02. The third kappa shape index (κ3) is 3.96. The standard InChI is InChI=1S/C16H28N2O3/c1-3-16(4-2,11-19)10-17-15(21)13-7-14(20)18(9-13)8-12-5-6-12/h12-13,19H,3-11H2,1-2H3,(H,17,21). The van der Waals surface area contributed by atoms with Crippen LogP contribution in [0.1, 0.15) is 46.0 Å². The average Bonchev–Trinajstić information content (AvgIpc) is 3.24. The van der Waals surface area contributed by atoms with Gasteiger partial charge in [-0.15, -0.1) is 0 Å². The van der Waals surface area contributed by atoms with Crippen molar-refractivity contribution in [3.05, 3.63) is 0 Å². The van der Waals surface area contributed by atoms with Gasteiger partial charge in [0, 0.05) is 31.5 Å². The summed E-state index contributed by atoms with van der Waals surface area (Å²) in [7, 11) is 0. The van der Waals surface area contributed by atoms with Gasteiger partial charge < -0.3 is 15.3 Å². The highest BCUT2D eigenvalue weighted by Gasteiger charge is 2.37. The SMILES string of the molecule is CCC(CC)(CO)CNC(=O)C1CC(=O)N(CC2CC2)C1. The smallest absolute Gasteiger partial charge is 0.225 e. The molecule has 1 saturated heterocycles. The van der Waals surface area contributed by atoms with Crippen LogP contribution in [-0.4, -0.2) is 48.1 Å². The van der Waals surface area contributed by atoms with Crippen molar-refractivity contribution in [3.63, 3.8) is 0 Å². The van der Waals surface area contributed by atoms with Crippen LogP contribution in [0.5, 0.6) is 0 Å². The minimum Gasteiger partial charge on any atom is -0.396 e. The number of amides is 2. The molecule has 2 amide bonds. The number of nitrogens with one attached hydrogen (secondary N) is 1. The van der Waals surface area contributed by atoms with E-state index in [0.29, 0.717) is 25.4 Å². The highest BCUT2D eigenvalue weighted by molar-refractivity contribution is 5.89. The molecule has 1 unspecified atom stereocenters. The number of aliphatic hydroxyl groups is 1. The van der Waals surface area contributed by atoms with E-state index < -0.39 is 0 Å². The van der Waals surface area contributed by atoms with Crippen LogP contribution in [0.25, 0.3) is 0 Å². The van der Waals surface area contributed by atoms with E-state index in [4.69, 9.17) is 0 Å². The molecule has 2 aliphatic rings. The topological polar surface area (TPSA) is 69.6 Å². The first-order valence-electron chi connectivity index (χ1n) is 8.20. The van der Waals surface area contributed by atoms with Gasteiger partial charge in [-0.05, 0) is 31.6 Å². The molecule has 5 heteroatoms. The minimum atomic E-state index is -0.230. The lowest BCUT2D eigenvalue weighted by Gasteiger charge is -2.30. The van der Waals surface area contributed by atoms with E-state index in [2.05, 4.69) is 5.32 Å². The fourth-order valence-electron chi connectivity index (χ4n) is 2.93. The van der Waals surface area contributed by atoms with Gasteiger partial charge in [-0.25, -0.2) is 0 Å². The largest absolute Gasteiger partial charge is 0.396 e. The Labute approximate surface area is 127 Å². The number of aliphatic hydroxyl groups excluding tert-OH is 1. The lowest BCUT2D eigenvalue weighted by molar-refractivity contribution is -0.129. The van der Waals surface area contributed by atoms with Crippen LogP contribution in [0.2, 0.25) is 0 Å². The van der Waals surface area contributed by atoms with Gasteiger partial charge in [0.15, 0.2) is 0 Å². The summed E-state index contributed by atoms with van der Waals surface area (Å²) >= 11 is 0. The van der Waals surface area contributed by atoms with Gasteiger partial charge in [-0.1, -0.05) is 13.8 Å². The zero-order chi connectivity index (χ0) is 15.5. The fourth-order valence-corrected chi connectivity index (χ4v) is 2.93. The maximum absolute atomic E-state index is 12.3. The summed E-state index contributed by atoms with van der Waals surface area (Å²) in [6, 6.07) is 0. The predicted octanol–water partition coefficient (Wildman–Crippen LogP) is 1.16. The molecule has 0 aromatic rings. The number of hydrogen-bond donors (Lipinski definition) is 2. The highest BCUT2D eigenvalue weighted by atomic mass is 16.3. The van der Waals surface area contributed by atoms with Gasteiger partial charge in [0.2, 0.25) is 11.8 Å². The van der Waals surface area contributed by atoms with Gasteiger partial charge >= 0.3 is 0 Å². The Morgan fingerprint density at radius 1 is 1.38 bits per heavy atom. The van der Waals surface area contributed by atoms with Crippen molar-refractivity contribution in [1.29, 1.82) is 0 Å². The maximum Gasteiger partial charge on any atom is 0.225 e. The zero-order valence-electron chi connectivity index (χ0n) is 13.2. The molecule has 2 rings (SSSR count). The lowest BCUT2D eigenvalue weighted by Crippen LogP contribution is -2.42. The van der Waals surface area contributed by atoms with Crippen molar-refractivity contribution in [1.82, 2.24) is 10.2 Å². The summed E-state index contributed by atoms with van der Waals surface area (Å²) in [5.74, 6) is 0.516. The second-order valence-electron chi connectivity index (χ2n) is 6.73. The molecule has 0 bridgehead atoms. The van der Waals surface area contributed by atoms with E-state index in [1.807, 2.05) is 18.7 Å². The van der Waals surface area contributed by atoms with E-state index in [1.165, 1.54) is 12.8 Å². The molecule has 1 aliphatic heterocycles. The van der Waals surface area contributed by atoms with Crippen molar-refractivity contribution >= 4 is 11.8 Å². The second-order valence-corrected chi connectivity index (χ2v) is 6.73. The van der Waals surface area contributed by atoms with Crippen LogP contribution >= 0.6 is 0 Å². The molecule has 1 aliphatic carbocycles. The second kappa shape index (κ2) is 6.77. The van der Waals surface area contributed by atoms with Crippen molar-refractivity contribution in [2.24, 2.45) is 17.3 Å². The number of carbonyl (C=O) groups is 2. The van der Waals surface area contributed by atoms with Crippen LogP contribution in [0.15, 0.2) is 0 Å². The van der Waals surface area contributed by atoms with Crippen LogP contribution in [0.3, 0.4) is 0 Å². The van der Waals surface area contributed by atoms with Crippen LogP contribution < -0.4 is 5.32 Å². The molecule has 1 atom stereocenters. The number of carbonyl (C=O) groups excluding carboxylic acids is 2. The van der Waals surface area contributed by atoms with Gasteiger partial charge in [0.05, 0.1) is 12.5 Å². The molecule has 2 fully saturated rings. The molecular formula is C16H28N2O3. The highest BCUT2D eigenvalue weighted by Crippen LogP contribution is 2.32. The number of likely N-dealkylation sites (tertiary alicyclic amines) is 1. The fraction of sp³-hybridized carbons (Fsp3) is 0.875. The molecule has 0 aromatic heterocycles. The normalized spacial score (nSPS) is 22.7. The quantitative estimate of drug-likeness (QED) is 0.706. The van der Waals surface area contributed by atoms with Crippen molar-refractivity contribution in [3.8, 4) is 0 Å². The Kier molecular flexibility index (Phi) is 5.25. The van der Waals surface area contributed by atoms with E-state index in [9.17, 15) is 14.7 Å². The molecular weight excluding hydrogens is 268 g/mol. The summed E-state index contributed by atoms with van der Waals surface area (Å²) in [6.07, 6.45) is 4.43. The molecule has 120 valence electrons. The van der Waals surface area contributed by atoms with Gasteiger partial charge in [0.1, 0.15) is 0 Å². The molecule has 0 aromatic carbocycles. The molecule has 5 nitrogen and oxygen atoms in total. The Morgan fingerprint density at radius 3 is 2.57 bits per heavy atom. The first-order chi connectivity index (χ1) is 10.0. The van der Waals surface area contributed by atoms with Crippen molar-refractivity contribution < 1.29 is 14.7 Å². The third-order valence-corrected chi connectivity index (χ3v) is 5.23. The Balaban J connectivity index is 1.82. The lowest BCUT2D eigenvalue weighted by atomic mass is 9.83. The molecule has 1 heterocycles. The van der Waals surface area contributed by atoms with Gasteiger partial charge in [-0.2, -0.15) is 0 Å². The van der Waals surface area contributed by atoms with E-state index in [-0.39, 0.29) is 29.8 Å². The summed E-state index contributed by atoms with van der Waals surface area (Å²) in [5.41, 5.74) is -0.230. The first-order valence-corrected chi connectivity index (χ1v) is 8.20. The predicted molar refractivity (Wildman–Crippen MR) is 80.5 cm³/mol. The Bertz CT molecular complexity index is 381. The molecule has 0 spiro atoms. The minimum absolute atomic E-state index is 0.0404. The van der Waals surface area contributed by atoms with Crippen LogP contribution in [0, 0.1) is 17.3 Å². The number of hydrogen-bond acceptors (Lipinski definition) is 3. The number of rotatable bonds is 8. The average molecular weight is 296 g/mol. The first kappa shape index (κ1) is 16.3. The summed E-state index contributed by atoms with van der Waals surface area (Å²) in [5, 5.41) is 12.5. The third-order valence-electron chi connectivity index (χ3n) is 5.23. The van der Waals surface area contributed by atoms with Crippen molar-refractivity contribution in [2.45, 2.75) is 46.0 Å². The zero-order valence-corrected chi connectivity index (χ0v) is 13.2. The number of nitrogens with zero attached hydrogens (tertiary/aromatic N) is 1. The molecule has 0 radical (unpaired) electrons. The Morgan fingerprint density at radius 2 is 2.05 bits per heavy atom.